The van der Waals surface area contributed by atoms with Crippen molar-refractivity contribution in [2.75, 3.05) is 7.11 Å². The van der Waals surface area contributed by atoms with Crippen molar-refractivity contribution in [3.05, 3.63) is 35.9 Å². The maximum atomic E-state index is 11.0. The van der Waals surface area contributed by atoms with Crippen LogP contribution in [0.2, 0.25) is 0 Å². The van der Waals surface area contributed by atoms with Crippen molar-refractivity contribution in [3.8, 4) is 0 Å². The fourth-order valence-electron chi connectivity index (χ4n) is 0.870. The maximum Gasteiger partial charge on any atom is 0.327 e. The highest BCUT2D eigenvalue weighted by Crippen LogP contribution is 2.09. The number of ether oxygens (including phenoxy) is 1. The molecule has 1 unspecified atom stereocenters. The lowest BCUT2D eigenvalue weighted by Gasteiger charge is -2.08. The molecule has 0 aliphatic rings. The second-order valence-electron chi connectivity index (χ2n) is 2.33. The third-order valence-corrected chi connectivity index (χ3v) is 1.56. The molecule has 0 bridgehead atoms. The Morgan fingerprint density at radius 3 is 2.67 bits per heavy atom. The molecule has 1 radical (unpaired) electrons. The Hall–Kier alpha value is -1.35. The minimum Gasteiger partial charge on any atom is -0.468 e. The van der Waals surface area contributed by atoms with Crippen LogP contribution in [0, 0.1) is 6.07 Å². The number of methoxy groups -OCH3 is 1. The molecule has 0 aliphatic carbocycles. The van der Waals surface area contributed by atoms with Crippen molar-refractivity contribution < 1.29 is 9.53 Å². The summed E-state index contributed by atoms with van der Waals surface area (Å²) in [6, 6.07) is 9.04. The molecule has 12 heavy (non-hydrogen) atoms. The second-order valence-corrected chi connectivity index (χ2v) is 2.33. The average Bonchev–Trinajstić information content (AvgIpc) is 2.17. The van der Waals surface area contributed by atoms with Gasteiger partial charge in [-0.1, -0.05) is 24.3 Å². The number of carbonyl (C=O) groups is 1. The van der Waals surface area contributed by atoms with E-state index < -0.39 is 12.0 Å². The first-order chi connectivity index (χ1) is 5.75. The first kappa shape index (κ1) is 8.74. The molecule has 0 heterocycles. The lowest BCUT2D eigenvalue weighted by atomic mass is 10.1. The highest BCUT2D eigenvalue weighted by atomic mass is 16.5. The molecular weight excluding hydrogens is 154 g/mol. The summed E-state index contributed by atoms with van der Waals surface area (Å²) in [6.45, 7) is 0. The Kier molecular flexibility index (Phi) is 2.82. The number of hydrogen-bond acceptors (Lipinski definition) is 3. The maximum absolute atomic E-state index is 11.0. The smallest absolute Gasteiger partial charge is 0.327 e. The summed E-state index contributed by atoms with van der Waals surface area (Å²) in [4.78, 5) is 11.0. The first-order valence-corrected chi connectivity index (χ1v) is 3.55. The summed E-state index contributed by atoms with van der Waals surface area (Å²) >= 11 is 0. The van der Waals surface area contributed by atoms with Gasteiger partial charge in [-0.05, 0) is 11.6 Å². The normalized spacial score (nSPS) is 12.2. The van der Waals surface area contributed by atoms with Crippen molar-refractivity contribution in [3.63, 3.8) is 0 Å². The molecule has 2 N–H and O–H groups in total. The predicted octanol–water partition coefficient (Wildman–Crippen LogP) is 0.660. The summed E-state index contributed by atoms with van der Waals surface area (Å²) in [5.41, 5.74) is 6.30. The second kappa shape index (κ2) is 3.88. The van der Waals surface area contributed by atoms with Crippen molar-refractivity contribution in [2.45, 2.75) is 6.04 Å². The molecule has 0 spiro atoms. The van der Waals surface area contributed by atoms with Crippen LogP contribution in [0.15, 0.2) is 24.3 Å². The first-order valence-electron chi connectivity index (χ1n) is 3.55. The van der Waals surface area contributed by atoms with E-state index in [1.807, 2.05) is 0 Å². The molecule has 3 heteroatoms. The van der Waals surface area contributed by atoms with Crippen LogP contribution in [0.4, 0.5) is 0 Å². The quantitative estimate of drug-likeness (QED) is 0.653. The lowest BCUT2D eigenvalue weighted by molar-refractivity contribution is -0.142. The summed E-state index contributed by atoms with van der Waals surface area (Å²) in [5.74, 6) is -0.429. The Labute approximate surface area is 71.1 Å². The predicted molar refractivity (Wildman–Crippen MR) is 44.2 cm³/mol. The number of benzene rings is 1. The average molecular weight is 164 g/mol. The SMILES string of the molecule is COC(=O)C(N)c1cc[c]cc1. The zero-order chi connectivity index (χ0) is 8.97. The zero-order valence-corrected chi connectivity index (χ0v) is 6.78. The number of carbonyl (C=O) groups excluding carboxylic acids is 1. The van der Waals surface area contributed by atoms with Crippen LogP contribution >= 0.6 is 0 Å². The molecule has 0 aliphatic heterocycles. The zero-order valence-electron chi connectivity index (χ0n) is 6.78. The molecule has 0 saturated heterocycles. The van der Waals surface area contributed by atoms with E-state index in [9.17, 15) is 4.79 Å². The summed E-state index contributed by atoms with van der Waals surface area (Å²) in [7, 11) is 1.32. The molecule has 0 fully saturated rings. The van der Waals surface area contributed by atoms with Gasteiger partial charge < -0.3 is 10.5 Å². The van der Waals surface area contributed by atoms with Crippen molar-refractivity contribution in [1.82, 2.24) is 0 Å². The number of hydrogen-bond donors (Lipinski definition) is 1. The third-order valence-electron chi connectivity index (χ3n) is 1.56. The monoisotopic (exact) mass is 164 g/mol. The van der Waals surface area contributed by atoms with Gasteiger partial charge in [0.15, 0.2) is 0 Å². The Bertz CT molecular complexity index is 258. The molecule has 0 amide bonds. The Morgan fingerprint density at radius 2 is 2.17 bits per heavy atom. The van der Waals surface area contributed by atoms with E-state index in [0.717, 1.165) is 5.56 Å². The van der Waals surface area contributed by atoms with Crippen LogP contribution in [-0.4, -0.2) is 13.1 Å². The standard InChI is InChI=1S/C9H10NO2/c1-12-9(11)8(10)7-5-3-2-4-6-7/h3-6,8H,10H2,1H3. The largest absolute Gasteiger partial charge is 0.468 e. The van der Waals surface area contributed by atoms with Crippen molar-refractivity contribution >= 4 is 5.97 Å². The van der Waals surface area contributed by atoms with Gasteiger partial charge in [0.1, 0.15) is 6.04 Å². The minimum atomic E-state index is -0.690. The van der Waals surface area contributed by atoms with Gasteiger partial charge in [0.05, 0.1) is 7.11 Å². The van der Waals surface area contributed by atoms with E-state index in [-0.39, 0.29) is 0 Å². The van der Waals surface area contributed by atoms with Gasteiger partial charge in [0.2, 0.25) is 0 Å². The third kappa shape index (κ3) is 1.83. The van der Waals surface area contributed by atoms with Gasteiger partial charge >= 0.3 is 5.97 Å². The van der Waals surface area contributed by atoms with Gasteiger partial charge in [-0.25, -0.2) is 0 Å². The number of esters is 1. The van der Waals surface area contributed by atoms with Gasteiger partial charge in [0.25, 0.3) is 0 Å². The molecule has 63 valence electrons. The van der Waals surface area contributed by atoms with E-state index >= 15 is 0 Å². The summed E-state index contributed by atoms with van der Waals surface area (Å²) < 4.78 is 4.49. The lowest BCUT2D eigenvalue weighted by Crippen LogP contribution is -2.22. The van der Waals surface area contributed by atoms with E-state index in [1.165, 1.54) is 7.11 Å². The van der Waals surface area contributed by atoms with Gasteiger partial charge in [0, 0.05) is 0 Å². The Balaban J connectivity index is 2.78. The van der Waals surface area contributed by atoms with Crippen LogP contribution in [0.5, 0.6) is 0 Å². The Morgan fingerprint density at radius 1 is 1.58 bits per heavy atom. The molecule has 3 nitrogen and oxygen atoms in total. The van der Waals surface area contributed by atoms with Crippen molar-refractivity contribution in [2.24, 2.45) is 5.73 Å². The van der Waals surface area contributed by atoms with Crippen molar-refractivity contribution in [1.29, 1.82) is 0 Å². The molecule has 1 atom stereocenters. The van der Waals surface area contributed by atoms with Crippen LogP contribution < -0.4 is 5.73 Å². The van der Waals surface area contributed by atoms with E-state index in [4.69, 9.17) is 5.73 Å². The fraction of sp³-hybridized carbons (Fsp3) is 0.222. The molecule has 1 aromatic rings. The molecule has 0 aromatic heterocycles. The van der Waals surface area contributed by atoms with Gasteiger partial charge in [-0.2, -0.15) is 0 Å². The minimum absolute atomic E-state index is 0.429. The van der Waals surface area contributed by atoms with Crippen LogP contribution in [-0.2, 0) is 9.53 Å². The van der Waals surface area contributed by atoms with E-state index in [1.54, 1.807) is 24.3 Å². The van der Waals surface area contributed by atoms with Crippen LogP contribution in [0.1, 0.15) is 11.6 Å². The molecule has 1 rings (SSSR count). The number of nitrogens with two attached hydrogens (primary N) is 1. The van der Waals surface area contributed by atoms with Crippen LogP contribution in [0.25, 0.3) is 0 Å². The molecule has 0 saturated carbocycles. The fourth-order valence-corrected chi connectivity index (χ4v) is 0.870. The number of rotatable bonds is 2. The molecular formula is C9H10NO2. The van der Waals surface area contributed by atoms with Gasteiger partial charge in [-0.15, -0.1) is 0 Å². The van der Waals surface area contributed by atoms with E-state index in [0.29, 0.717) is 0 Å². The highest BCUT2D eigenvalue weighted by Gasteiger charge is 2.14. The molecule has 1 aromatic carbocycles. The van der Waals surface area contributed by atoms with E-state index in [2.05, 4.69) is 10.8 Å². The summed E-state index contributed by atoms with van der Waals surface area (Å²) in [5, 5.41) is 0. The topological polar surface area (TPSA) is 52.3 Å². The summed E-state index contributed by atoms with van der Waals surface area (Å²) in [6.07, 6.45) is 0. The van der Waals surface area contributed by atoms with Crippen LogP contribution in [0.3, 0.4) is 0 Å². The van der Waals surface area contributed by atoms with Gasteiger partial charge in [-0.3, -0.25) is 4.79 Å². The highest BCUT2D eigenvalue weighted by molar-refractivity contribution is 5.77.